The van der Waals surface area contributed by atoms with Crippen LogP contribution in [0.15, 0.2) is 53.7 Å². The molecule has 0 amide bonds. The molecule has 0 atom stereocenters. The summed E-state index contributed by atoms with van der Waals surface area (Å²) in [5, 5.41) is 25.7. The van der Waals surface area contributed by atoms with Gasteiger partial charge < -0.3 is 11.1 Å². The van der Waals surface area contributed by atoms with Gasteiger partial charge in [0, 0.05) is 5.56 Å². The van der Waals surface area contributed by atoms with Gasteiger partial charge in [-0.05, 0) is 43.5 Å². The SMILES string of the molecule is C=N/C(=C\C(=N)c1cccc(C#N)c1C)c1cn(Cc2cccc(N)n2)nn1. The highest BCUT2D eigenvalue weighted by molar-refractivity contribution is 6.11. The number of pyridine rings is 1. The molecule has 0 saturated carbocycles. The van der Waals surface area contributed by atoms with Gasteiger partial charge in [0.05, 0.1) is 41.5 Å². The standard InChI is InChI=1S/C20H18N8/c1-13-14(10-21)5-3-7-16(13)17(22)9-18(24-2)19-12-28(27-26-19)11-15-6-4-8-20(23)25-15/h3-9,12,22H,2,11H2,1H3,(H2,23,25)/b18-9-,22-17?. The molecule has 0 spiro atoms. The Kier molecular flexibility index (Phi) is 5.37. The lowest BCUT2D eigenvalue weighted by Crippen LogP contribution is -2.03. The number of anilines is 1. The molecule has 3 aromatic rings. The minimum atomic E-state index is 0.212. The number of nitrogens with zero attached hydrogens (tertiary/aromatic N) is 6. The third-order valence-electron chi connectivity index (χ3n) is 4.15. The number of hydrogen-bond acceptors (Lipinski definition) is 7. The molecule has 2 aromatic heterocycles. The molecule has 3 N–H and O–H groups in total. The van der Waals surface area contributed by atoms with Crippen LogP contribution < -0.4 is 5.73 Å². The van der Waals surface area contributed by atoms with Crippen LogP contribution in [0, 0.1) is 23.7 Å². The Bertz CT molecular complexity index is 1120. The van der Waals surface area contributed by atoms with Crippen LogP contribution in [0.3, 0.4) is 0 Å². The van der Waals surface area contributed by atoms with Crippen molar-refractivity contribution in [3.8, 4) is 6.07 Å². The van der Waals surface area contributed by atoms with Crippen molar-refractivity contribution in [2.75, 3.05) is 5.73 Å². The molecule has 2 heterocycles. The van der Waals surface area contributed by atoms with Crippen LogP contribution in [0.25, 0.3) is 5.70 Å². The Balaban J connectivity index is 1.86. The minimum absolute atomic E-state index is 0.212. The summed E-state index contributed by atoms with van der Waals surface area (Å²) in [6, 6.07) is 12.8. The van der Waals surface area contributed by atoms with Crippen LogP contribution in [0.5, 0.6) is 0 Å². The van der Waals surface area contributed by atoms with Gasteiger partial charge in [0.1, 0.15) is 11.5 Å². The van der Waals surface area contributed by atoms with Crippen LogP contribution in [0.1, 0.15) is 28.1 Å². The molecule has 1 aromatic carbocycles. The van der Waals surface area contributed by atoms with Gasteiger partial charge in [-0.25, -0.2) is 9.67 Å². The van der Waals surface area contributed by atoms with Gasteiger partial charge in [-0.15, -0.1) is 5.10 Å². The maximum absolute atomic E-state index is 9.17. The molecular weight excluding hydrogens is 352 g/mol. The van der Waals surface area contributed by atoms with Crippen LogP contribution in [-0.4, -0.2) is 32.4 Å². The number of aliphatic imine (C=N–C) groups is 1. The number of benzene rings is 1. The quantitative estimate of drug-likeness (QED) is 0.644. The lowest BCUT2D eigenvalue weighted by Gasteiger charge is -2.06. The largest absolute Gasteiger partial charge is 0.384 e. The predicted molar refractivity (Wildman–Crippen MR) is 108 cm³/mol. The first-order chi connectivity index (χ1) is 13.5. The van der Waals surface area contributed by atoms with Crippen molar-refractivity contribution in [3.63, 3.8) is 0 Å². The van der Waals surface area contributed by atoms with E-state index in [0.717, 1.165) is 11.3 Å². The number of nitrogens with two attached hydrogens (primary N) is 1. The lowest BCUT2D eigenvalue weighted by molar-refractivity contribution is 0.639. The fraction of sp³-hybridized carbons (Fsp3) is 0.100. The van der Waals surface area contributed by atoms with E-state index in [1.807, 2.05) is 19.1 Å². The topological polar surface area (TPSA) is 130 Å². The zero-order chi connectivity index (χ0) is 20.1. The third-order valence-corrected chi connectivity index (χ3v) is 4.15. The average molecular weight is 370 g/mol. The van der Waals surface area contributed by atoms with E-state index in [1.165, 1.54) is 0 Å². The second-order valence-corrected chi connectivity index (χ2v) is 6.05. The zero-order valence-corrected chi connectivity index (χ0v) is 15.3. The second-order valence-electron chi connectivity index (χ2n) is 6.05. The summed E-state index contributed by atoms with van der Waals surface area (Å²) in [5.41, 5.74) is 9.49. The molecule has 0 bridgehead atoms. The van der Waals surface area contributed by atoms with Gasteiger partial charge in [0.15, 0.2) is 0 Å². The normalized spacial score (nSPS) is 11.1. The predicted octanol–water partition coefficient (Wildman–Crippen LogP) is 2.59. The van der Waals surface area contributed by atoms with Crippen molar-refractivity contribution in [2.45, 2.75) is 13.5 Å². The van der Waals surface area contributed by atoms with Gasteiger partial charge >= 0.3 is 0 Å². The summed E-state index contributed by atoms with van der Waals surface area (Å²) < 4.78 is 1.61. The van der Waals surface area contributed by atoms with Gasteiger partial charge in [0.25, 0.3) is 0 Å². The molecular formula is C20H18N8. The number of nitrogens with one attached hydrogen (secondary N) is 1. The van der Waals surface area contributed by atoms with Gasteiger partial charge in [0.2, 0.25) is 0 Å². The van der Waals surface area contributed by atoms with E-state index in [9.17, 15) is 5.26 Å². The lowest BCUT2D eigenvalue weighted by atomic mass is 9.99. The van der Waals surface area contributed by atoms with Crippen LogP contribution in [-0.2, 0) is 6.54 Å². The summed E-state index contributed by atoms with van der Waals surface area (Å²) in [7, 11) is 0. The molecule has 3 rings (SSSR count). The van der Waals surface area contributed by atoms with Crippen molar-refractivity contribution in [1.82, 2.24) is 20.0 Å². The number of nitriles is 1. The van der Waals surface area contributed by atoms with Crippen LogP contribution in [0.2, 0.25) is 0 Å². The molecule has 0 radical (unpaired) electrons. The fourth-order valence-corrected chi connectivity index (χ4v) is 2.71. The van der Waals surface area contributed by atoms with Crippen LogP contribution >= 0.6 is 0 Å². The Morgan fingerprint density at radius 3 is 2.86 bits per heavy atom. The molecule has 8 heteroatoms. The highest BCUT2D eigenvalue weighted by Gasteiger charge is 2.11. The minimum Gasteiger partial charge on any atom is -0.384 e. The Labute approximate surface area is 162 Å². The molecule has 28 heavy (non-hydrogen) atoms. The van der Waals surface area contributed by atoms with Crippen molar-refractivity contribution in [3.05, 3.63) is 76.7 Å². The molecule has 0 aliphatic heterocycles. The average Bonchev–Trinajstić information content (AvgIpc) is 3.14. The summed E-state index contributed by atoms with van der Waals surface area (Å²) in [5.74, 6) is 0.439. The van der Waals surface area contributed by atoms with E-state index >= 15 is 0 Å². The van der Waals surface area contributed by atoms with Crippen molar-refractivity contribution < 1.29 is 0 Å². The number of nitrogen functional groups attached to an aromatic ring is 1. The first kappa shape index (κ1) is 18.7. The maximum Gasteiger partial charge on any atom is 0.131 e. The highest BCUT2D eigenvalue weighted by Crippen LogP contribution is 2.18. The molecule has 0 unspecified atom stereocenters. The summed E-state index contributed by atoms with van der Waals surface area (Å²) >= 11 is 0. The van der Waals surface area contributed by atoms with Crippen molar-refractivity contribution in [2.24, 2.45) is 4.99 Å². The van der Waals surface area contributed by atoms with Gasteiger partial charge in [-0.2, -0.15) is 5.26 Å². The fourth-order valence-electron chi connectivity index (χ4n) is 2.71. The highest BCUT2D eigenvalue weighted by atomic mass is 15.4. The molecule has 8 nitrogen and oxygen atoms in total. The van der Waals surface area contributed by atoms with Crippen molar-refractivity contribution >= 4 is 23.9 Å². The molecule has 0 saturated heterocycles. The van der Waals surface area contributed by atoms with E-state index < -0.39 is 0 Å². The molecule has 0 aliphatic carbocycles. The zero-order valence-electron chi connectivity index (χ0n) is 15.3. The molecule has 138 valence electrons. The number of hydrogen-bond donors (Lipinski definition) is 2. The monoisotopic (exact) mass is 370 g/mol. The van der Waals surface area contributed by atoms with E-state index in [2.05, 4.69) is 33.1 Å². The summed E-state index contributed by atoms with van der Waals surface area (Å²) in [6.45, 7) is 5.79. The molecule has 0 aliphatic rings. The third kappa shape index (κ3) is 3.99. The van der Waals surface area contributed by atoms with Gasteiger partial charge in [-0.3, -0.25) is 4.99 Å². The van der Waals surface area contributed by atoms with E-state index in [-0.39, 0.29) is 5.71 Å². The Hall–Kier alpha value is -4.12. The number of aromatic nitrogens is 4. The first-order valence-electron chi connectivity index (χ1n) is 8.40. The second kappa shape index (κ2) is 8.05. The van der Waals surface area contributed by atoms with Crippen molar-refractivity contribution in [1.29, 1.82) is 10.7 Å². The Morgan fingerprint density at radius 1 is 1.36 bits per heavy atom. The number of rotatable bonds is 6. The smallest absolute Gasteiger partial charge is 0.131 e. The first-order valence-corrected chi connectivity index (χ1v) is 8.40. The number of allylic oxidation sites excluding steroid dienone is 1. The summed E-state index contributed by atoms with van der Waals surface area (Å²) in [6.07, 6.45) is 3.26. The van der Waals surface area contributed by atoms with Crippen LogP contribution in [0.4, 0.5) is 5.82 Å². The maximum atomic E-state index is 9.17. The van der Waals surface area contributed by atoms with E-state index in [0.29, 0.717) is 34.9 Å². The summed E-state index contributed by atoms with van der Waals surface area (Å²) in [4.78, 5) is 8.22. The van der Waals surface area contributed by atoms with E-state index in [1.54, 1.807) is 41.2 Å². The molecule has 0 fully saturated rings. The Morgan fingerprint density at radius 2 is 2.14 bits per heavy atom. The van der Waals surface area contributed by atoms with E-state index in [4.69, 9.17) is 11.1 Å². The van der Waals surface area contributed by atoms with Gasteiger partial charge in [-0.1, -0.05) is 23.4 Å².